The van der Waals surface area contributed by atoms with Crippen molar-refractivity contribution in [3.05, 3.63) is 0 Å². The molecule has 0 unspecified atom stereocenters. The minimum atomic E-state index is -0.469. The minimum Gasteiger partial charge on any atom is -0.444 e. The Morgan fingerprint density at radius 1 is 1.32 bits per heavy atom. The first-order valence-corrected chi connectivity index (χ1v) is 7.00. The number of rotatable bonds is 3. The zero-order chi connectivity index (χ0) is 14.1. The molecule has 5 heteroatoms. The summed E-state index contributed by atoms with van der Waals surface area (Å²) >= 11 is 0. The number of fused-ring (bicyclic) bond motifs is 3. The van der Waals surface area contributed by atoms with Gasteiger partial charge in [-0.1, -0.05) is 0 Å². The Bertz CT molecular complexity index is 323. The molecule has 3 aliphatic rings. The monoisotopic (exact) mass is 271 g/mol. The van der Waals surface area contributed by atoms with Gasteiger partial charge in [0.05, 0.1) is 18.8 Å². The van der Waals surface area contributed by atoms with E-state index in [4.69, 9.17) is 9.47 Å². The van der Waals surface area contributed by atoms with Gasteiger partial charge in [0, 0.05) is 12.0 Å². The zero-order valence-electron chi connectivity index (χ0n) is 12.1. The predicted octanol–water partition coefficient (Wildman–Crippen LogP) is 1.83. The lowest BCUT2D eigenvalue weighted by Crippen LogP contribution is -2.56. The molecule has 3 rings (SSSR count). The van der Waals surface area contributed by atoms with Crippen molar-refractivity contribution in [1.29, 1.82) is 0 Å². The summed E-state index contributed by atoms with van der Waals surface area (Å²) in [4.78, 5) is 11.7. The van der Waals surface area contributed by atoms with Gasteiger partial charge in [0.1, 0.15) is 5.60 Å². The Balaban J connectivity index is 1.83. The highest BCUT2D eigenvalue weighted by Crippen LogP contribution is 2.48. The number of carbonyl (C=O) groups is 1. The number of hydrogen-bond acceptors (Lipinski definition) is 4. The van der Waals surface area contributed by atoms with E-state index < -0.39 is 5.60 Å². The van der Waals surface area contributed by atoms with Crippen LogP contribution in [0.15, 0.2) is 0 Å². The van der Waals surface area contributed by atoms with Crippen molar-refractivity contribution in [2.75, 3.05) is 19.8 Å². The number of hydrogen-bond donors (Lipinski definition) is 2. The molecule has 1 saturated carbocycles. The first kappa shape index (κ1) is 14.6. The Labute approximate surface area is 114 Å². The van der Waals surface area contributed by atoms with Crippen LogP contribution >= 0.6 is 0 Å². The Morgan fingerprint density at radius 2 is 1.95 bits per heavy atom. The summed E-state index contributed by atoms with van der Waals surface area (Å²) < 4.78 is 11.0. The van der Waals surface area contributed by atoms with E-state index in [0.717, 1.165) is 25.7 Å². The highest BCUT2D eigenvalue weighted by Gasteiger charge is 2.49. The molecule has 1 aliphatic carbocycles. The van der Waals surface area contributed by atoms with Crippen LogP contribution in [0.4, 0.5) is 4.79 Å². The molecule has 0 aromatic rings. The number of aliphatic hydroxyl groups excluding tert-OH is 1. The number of carbonyl (C=O) groups excluding carboxylic acids is 1. The molecule has 0 spiro atoms. The van der Waals surface area contributed by atoms with Crippen molar-refractivity contribution in [2.24, 2.45) is 5.41 Å². The average Bonchev–Trinajstić information content (AvgIpc) is 2.37. The Hall–Kier alpha value is -0.810. The van der Waals surface area contributed by atoms with E-state index >= 15 is 0 Å². The molecule has 5 nitrogen and oxygen atoms in total. The molecule has 2 bridgehead atoms. The molecule has 1 amide bonds. The summed E-state index contributed by atoms with van der Waals surface area (Å²) in [6, 6.07) is 0. The van der Waals surface area contributed by atoms with E-state index in [1.165, 1.54) is 0 Å². The van der Waals surface area contributed by atoms with Crippen LogP contribution in [0.1, 0.15) is 46.5 Å². The SMILES string of the molecule is CC(C)(C)OC(=O)NCC12CCC(CO)(CC1)OC2. The van der Waals surface area contributed by atoms with E-state index in [2.05, 4.69) is 5.32 Å². The zero-order valence-corrected chi connectivity index (χ0v) is 12.1. The van der Waals surface area contributed by atoms with Crippen LogP contribution in [0.2, 0.25) is 0 Å². The van der Waals surface area contributed by atoms with Crippen molar-refractivity contribution in [3.8, 4) is 0 Å². The van der Waals surface area contributed by atoms with Gasteiger partial charge in [-0.3, -0.25) is 0 Å². The van der Waals surface area contributed by atoms with Crippen molar-refractivity contribution < 1.29 is 19.4 Å². The van der Waals surface area contributed by atoms with E-state index in [1.54, 1.807) is 0 Å². The molecule has 3 fully saturated rings. The Kier molecular flexibility index (Phi) is 3.80. The summed E-state index contributed by atoms with van der Waals surface area (Å²) in [5.74, 6) is 0. The third-order valence-corrected chi connectivity index (χ3v) is 4.20. The summed E-state index contributed by atoms with van der Waals surface area (Å²) in [5, 5.41) is 12.2. The van der Waals surface area contributed by atoms with Gasteiger partial charge in [-0.2, -0.15) is 0 Å². The molecule has 2 N–H and O–H groups in total. The van der Waals surface area contributed by atoms with Crippen LogP contribution in [0, 0.1) is 5.41 Å². The van der Waals surface area contributed by atoms with Crippen LogP contribution in [0.3, 0.4) is 0 Å². The van der Waals surface area contributed by atoms with Gasteiger partial charge in [-0.15, -0.1) is 0 Å². The summed E-state index contributed by atoms with van der Waals surface area (Å²) in [5.41, 5.74) is -0.759. The van der Waals surface area contributed by atoms with Crippen LogP contribution in [-0.4, -0.2) is 42.2 Å². The van der Waals surface area contributed by atoms with Crippen molar-refractivity contribution in [2.45, 2.75) is 57.7 Å². The van der Waals surface area contributed by atoms with Gasteiger partial charge >= 0.3 is 6.09 Å². The van der Waals surface area contributed by atoms with E-state index in [1.807, 2.05) is 20.8 Å². The maximum atomic E-state index is 11.7. The predicted molar refractivity (Wildman–Crippen MR) is 70.9 cm³/mol. The maximum absolute atomic E-state index is 11.7. The lowest BCUT2D eigenvalue weighted by atomic mass is 9.66. The fraction of sp³-hybridized carbons (Fsp3) is 0.929. The second-order valence-corrected chi connectivity index (χ2v) is 6.99. The number of aliphatic hydroxyl groups is 1. The van der Waals surface area contributed by atoms with Crippen molar-refractivity contribution in [1.82, 2.24) is 5.32 Å². The molecular weight excluding hydrogens is 246 g/mol. The molecule has 0 radical (unpaired) electrons. The van der Waals surface area contributed by atoms with Crippen LogP contribution in [0.5, 0.6) is 0 Å². The average molecular weight is 271 g/mol. The molecule has 0 aromatic heterocycles. The van der Waals surface area contributed by atoms with E-state index in [9.17, 15) is 9.90 Å². The topological polar surface area (TPSA) is 67.8 Å². The summed E-state index contributed by atoms with van der Waals surface area (Å²) in [6.07, 6.45) is 3.36. The lowest BCUT2D eigenvalue weighted by molar-refractivity contribution is -0.197. The first-order valence-electron chi connectivity index (χ1n) is 7.00. The van der Waals surface area contributed by atoms with Gasteiger partial charge in [0.15, 0.2) is 0 Å². The van der Waals surface area contributed by atoms with E-state index in [0.29, 0.717) is 13.2 Å². The molecular formula is C14H25NO4. The maximum Gasteiger partial charge on any atom is 0.407 e. The smallest absolute Gasteiger partial charge is 0.407 e. The molecule has 19 heavy (non-hydrogen) atoms. The van der Waals surface area contributed by atoms with E-state index in [-0.39, 0.29) is 23.7 Å². The normalized spacial score (nSPS) is 34.1. The third-order valence-electron chi connectivity index (χ3n) is 4.20. The molecule has 110 valence electrons. The molecule has 0 aromatic carbocycles. The fourth-order valence-corrected chi connectivity index (χ4v) is 2.84. The molecule has 2 heterocycles. The van der Waals surface area contributed by atoms with Crippen LogP contribution in [-0.2, 0) is 9.47 Å². The number of ether oxygens (including phenoxy) is 2. The van der Waals surface area contributed by atoms with Crippen molar-refractivity contribution in [3.63, 3.8) is 0 Å². The van der Waals surface area contributed by atoms with Gasteiger partial charge in [0.2, 0.25) is 0 Å². The number of amides is 1. The first-order chi connectivity index (χ1) is 8.78. The number of alkyl carbamates (subject to hydrolysis) is 1. The highest BCUT2D eigenvalue weighted by atomic mass is 16.6. The van der Waals surface area contributed by atoms with Crippen LogP contribution < -0.4 is 5.32 Å². The second kappa shape index (κ2) is 4.94. The lowest BCUT2D eigenvalue weighted by Gasteiger charge is -2.52. The quantitative estimate of drug-likeness (QED) is 0.822. The van der Waals surface area contributed by atoms with Gasteiger partial charge in [-0.25, -0.2) is 4.79 Å². The summed E-state index contributed by atoms with van der Waals surface area (Å²) in [6.45, 7) is 6.86. The largest absolute Gasteiger partial charge is 0.444 e. The molecule has 2 saturated heterocycles. The Morgan fingerprint density at radius 3 is 2.37 bits per heavy atom. The molecule has 2 aliphatic heterocycles. The highest BCUT2D eigenvalue weighted by molar-refractivity contribution is 5.67. The minimum absolute atomic E-state index is 0.0217. The van der Waals surface area contributed by atoms with Crippen molar-refractivity contribution >= 4 is 6.09 Å². The summed E-state index contributed by atoms with van der Waals surface area (Å²) in [7, 11) is 0. The van der Waals surface area contributed by atoms with Gasteiger partial charge in [-0.05, 0) is 46.5 Å². The van der Waals surface area contributed by atoms with Gasteiger partial charge in [0.25, 0.3) is 0 Å². The second-order valence-electron chi connectivity index (χ2n) is 6.99. The standard InChI is InChI=1S/C14H25NO4/c1-12(2,3)19-11(17)15-8-13-4-6-14(9-16,7-5-13)18-10-13/h16H,4-10H2,1-3H3,(H,15,17). The molecule has 0 atom stereocenters. The van der Waals surface area contributed by atoms with Crippen LogP contribution in [0.25, 0.3) is 0 Å². The van der Waals surface area contributed by atoms with Gasteiger partial charge < -0.3 is 19.9 Å². The third kappa shape index (κ3) is 3.39. The number of nitrogens with one attached hydrogen (secondary N) is 1. The fourth-order valence-electron chi connectivity index (χ4n) is 2.84.